The Balaban J connectivity index is 1.72. The Morgan fingerprint density at radius 1 is 1.24 bits per heavy atom. The average molecular weight is 309 g/mol. The van der Waals surface area contributed by atoms with Crippen molar-refractivity contribution in [2.24, 2.45) is 5.92 Å². The molecule has 116 valence electrons. The number of benzene rings is 1. The molecule has 1 aromatic rings. The smallest absolute Gasteiger partial charge is 0.234 e. The van der Waals surface area contributed by atoms with Crippen molar-refractivity contribution in [1.82, 2.24) is 10.6 Å². The van der Waals surface area contributed by atoms with Crippen LogP contribution in [0.1, 0.15) is 51.1 Å². The second-order valence-electron chi connectivity index (χ2n) is 6.18. The first kappa shape index (κ1) is 16.3. The number of rotatable bonds is 5. The molecule has 0 bridgehead atoms. The minimum atomic E-state index is 0.0929. The van der Waals surface area contributed by atoms with Crippen molar-refractivity contribution in [2.75, 3.05) is 6.54 Å². The van der Waals surface area contributed by atoms with Gasteiger partial charge in [-0.15, -0.1) is 0 Å². The number of nitrogens with one attached hydrogen (secondary N) is 2. The van der Waals surface area contributed by atoms with Crippen LogP contribution in [-0.4, -0.2) is 18.5 Å². The molecular weight excluding hydrogens is 284 g/mol. The van der Waals surface area contributed by atoms with Gasteiger partial charge in [0.2, 0.25) is 5.91 Å². The van der Waals surface area contributed by atoms with E-state index in [1.165, 1.54) is 12.8 Å². The number of carbonyl (C=O) groups excluding carboxylic acids is 1. The summed E-state index contributed by atoms with van der Waals surface area (Å²) in [6.45, 7) is 4.70. The SMILES string of the molecule is CC1CCC(NC(=O)CN[C@@H](C)c2ccc(Cl)cc2)CC1. The van der Waals surface area contributed by atoms with Crippen molar-refractivity contribution in [3.05, 3.63) is 34.9 Å². The topological polar surface area (TPSA) is 41.1 Å². The maximum absolute atomic E-state index is 12.0. The standard InChI is InChI=1S/C17H25ClN2O/c1-12-3-9-16(10-4-12)20-17(21)11-19-13(2)14-5-7-15(18)8-6-14/h5-8,12-13,16,19H,3-4,9-11H2,1-2H3,(H,20,21)/t12?,13-,16?/m0/s1. The van der Waals surface area contributed by atoms with Crippen molar-refractivity contribution in [2.45, 2.75) is 51.6 Å². The predicted molar refractivity (Wildman–Crippen MR) is 87.4 cm³/mol. The van der Waals surface area contributed by atoms with Crippen LogP contribution in [0.25, 0.3) is 0 Å². The molecule has 0 heterocycles. The van der Waals surface area contributed by atoms with Crippen LogP contribution < -0.4 is 10.6 Å². The highest BCUT2D eigenvalue weighted by Gasteiger charge is 2.19. The van der Waals surface area contributed by atoms with Gasteiger partial charge in [-0.2, -0.15) is 0 Å². The lowest BCUT2D eigenvalue weighted by atomic mass is 9.87. The fourth-order valence-electron chi connectivity index (χ4n) is 2.80. The van der Waals surface area contributed by atoms with Crippen molar-refractivity contribution in [3.8, 4) is 0 Å². The first-order chi connectivity index (χ1) is 10.0. The zero-order valence-corrected chi connectivity index (χ0v) is 13.6. The summed E-state index contributed by atoms with van der Waals surface area (Å²) < 4.78 is 0. The van der Waals surface area contributed by atoms with Gasteiger partial charge in [0, 0.05) is 17.1 Å². The summed E-state index contributed by atoms with van der Waals surface area (Å²) in [6.07, 6.45) is 4.67. The Morgan fingerprint density at radius 2 is 1.86 bits per heavy atom. The highest BCUT2D eigenvalue weighted by atomic mass is 35.5. The summed E-state index contributed by atoms with van der Waals surface area (Å²) in [5.41, 5.74) is 1.14. The third-order valence-corrected chi connectivity index (χ3v) is 4.57. The maximum atomic E-state index is 12.0. The summed E-state index contributed by atoms with van der Waals surface area (Å²) in [5, 5.41) is 7.13. The monoisotopic (exact) mass is 308 g/mol. The summed E-state index contributed by atoms with van der Waals surface area (Å²) >= 11 is 5.88. The third kappa shape index (κ3) is 5.33. The molecule has 1 aliphatic rings. The third-order valence-electron chi connectivity index (χ3n) is 4.32. The Labute approximate surface area is 132 Å². The fourth-order valence-corrected chi connectivity index (χ4v) is 2.92. The van der Waals surface area contributed by atoms with Crippen LogP contribution in [0.4, 0.5) is 0 Å². The van der Waals surface area contributed by atoms with Crippen molar-refractivity contribution in [1.29, 1.82) is 0 Å². The van der Waals surface area contributed by atoms with Crippen LogP contribution in [0.2, 0.25) is 5.02 Å². The van der Waals surface area contributed by atoms with E-state index in [2.05, 4.69) is 24.5 Å². The van der Waals surface area contributed by atoms with E-state index in [1.54, 1.807) is 0 Å². The summed E-state index contributed by atoms with van der Waals surface area (Å²) in [6, 6.07) is 8.22. The number of halogens is 1. The van der Waals surface area contributed by atoms with Crippen LogP contribution >= 0.6 is 11.6 Å². The van der Waals surface area contributed by atoms with Crippen LogP contribution in [0.5, 0.6) is 0 Å². The zero-order chi connectivity index (χ0) is 15.2. The molecule has 0 spiro atoms. The van der Waals surface area contributed by atoms with Gasteiger partial charge >= 0.3 is 0 Å². The van der Waals surface area contributed by atoms with Crippen LogP contribution in [-0.2, 0) is 4.79 Å². The van der Waals surface area contributed by atoms with Crippen molar-refractivity contribution >= 4 is 17.5 Å². The molecule has 1 aromatic carbocycles. The summed E-state index contributed by atoms with van der Waals surface area (Å²) in [4.78, 5) is 12.0. The average Bonchev–Trinajstić information content (AvgIpc) is 2.48. The van der Waals surface area contributed by atoms with E-state index in [0.717, 1.165) is 29.3 Å². The highest BCUT2D eigenvalue weighted by Crippen LogP contribution is 2.23. The highest BCUT2D eigenvalue weighted by molar-refractivity contribution is 6.30. The minimum Gasteiger partial charge on any atom is -0.352 e. The molecule has 1 amide bonds. The van der Waals surface area contributed by atoms with E-state index in [9.17, 15) is 4.79 Å². The molecule has 0 radical (unpaired) electrons. The molecule has 0 aromatic heterocycles. The molecule has 0 aliphatic heterocycles. The lowest BCUT2D eigenvalue weighted by Crippen LogP contribution is -2.42. The van der Waals surface area contributed by atoms with Gasteiger partial charge < -0.3 is 10.6 Å². The molecule has 1 fully saturated rings. The number of hydrogen-bond donors (Lipinski definition) is 2. The van der Waals surface area contributed by atoms with Gasteiger partial charge in [0.05, 0.1) is 6.54 Å². The maximum Gasteiger partial charge on any atom is 0.234 e. The van der Waals surface area contributed by atoms with E-state index >= 15 is 0 Å². The lowest BCUT2D eigenvalue weighted by molar-refractivity contribution is -0.121. The largest absolute Gasteiger partial charge is 0.352 e. The summed E-state index contributed by atoms with van der Waals surface area (Å²) in [7, 11) is 0. The second kappa shape index (κ2) is 7.81. The van der Waals surface area contributed by atoms with Gasteiger partial charge in [0.1, 0.15) is 0 Å². The Morgan fingerprint density at radius 3 is 2.48 bits per heavy atom. The van der Waals surface area contributed by atoms with Crippen LogP contribution in [0, 0.1) is 5.92 Å². The Bertz CT molecular complexity index is 452. The molecule has 0 unspecified atom stereocenters. The van der Waals surface area contributed by atoms with Gasteiger partial charge in [-0.25, -0.2) is 0 Å². The fraction of sp³-hybridized carbons (Fsp3) is 0.588. The number of amides is 1. The minimum absolute atomic E-state index is 0.0929. The lowest BCUT2D eigenvalue weighted by Gasteiger charge is -2.27. The molecule has 1 aliphatic carbocycles. The molecule has 0 saturated heterocycles. The quantitative estimate of drug-likeness (QED) is 0.871. The normalized spacial score (nSPS) is 23.6. The molecule has 4 heteroatoms. The van der Waals surface area contributed by atoms with Crippen LogP contribution in [0.3, 0.4) is 0 Å². The van der Waals surface area contributed by atoms with E-state index in [0.29, 0.717) is 12.6 Å². The Hall–Kier alpha value is -1.06. The molecule has 3 nitrogen and oxygen atoms in total. The van der Waals surface area contributed by atoms with E-state index in [1.807, 2.05) is 24.3 Å². The molecule has 1 saturated carbocycles. The van der Waals surface area contributed by atoms with E-state index in [-0.39, 0.29) is 11.9 Å². The molecular formula is C17H25ClN2O. The van der Waals surface area contributed by atoms with Crippen molar-refractivity contribution < 1.29 is 4.79 Å². The van der Waals surface area contributed by atoms with E-state index in [4.69, 9.17) is 11.6 Å². The number of hydrogen-bond acceptors (Lipinski definition) is 2. The Kier molecular flexibility index (Phi) is 6.07. The van der Waals surface area contributed by atoms with E-state index < -0.39 is 0 Å². The molecule has 1 atom stereocenters. The van der Waals surface area contributed by atoms with Gasteiger partial charge in [-0.05, 0) is 56.2 Å². The number of carbonyl (C=O) groups is 1. The van der Waals surface area contributed by atoms with Crippen molar-refractivity contribution in [3.63, 3.8) is 0 Å². The van der Waals surface area contributed by atoms with Crippen LogP contribution in [0.15, 0.2) is 24.3 Å². The first-order valence-electron chi connectivity index (χ1n) is 7.83. The molecule has 21 heavy (non-hydrogen) atoms. The molecule has 2 N–H and O–H groups in total. The van der Waals surface area contributed by atoms with Gasteiger partial charge in [0.15, 0.2) is 0 Å². The van der Waals surface area contributed by atoms with Gasteiger partial charge in [0.25, 0.3) is 0 Å². The zero-order valence-electron chi connectivity index (χ0n) is 12.9. The predicted octanol–water partition coefficient (Wildman–Crippen LogP) is 3.69. The molecule has 2 rings (SSSR count). The van der Waals surface area contributed by atoms with Gasteiger partial charge in [-0.1, -0.05) is 30.7 Å². The second-order valence-corrected chi connectivity index (χ2v) is 6.61. The summed E-state index contributed by atoms with van der Waals surface area (Å²) in [5.74, 6) is 0.900. The first-order valence-corrected chi connectivity index (χ1v) is 8.20. The van der Waals surface area contributed by atoms with Gasteiger partial charge in [-0.3, -0.25) is 4.79 Å².